The van der Waals surface area contributed by atoms with Gasteiger partial charge in [-0.1, -0.05) is 6.92 Å². The van der Waals surface area contributed by atoms with Crippen LogP contribution in [-0.4, -0.2) is 15.9 Å². The first-order valence-electron chi connectivity index (χ1n) is 5.42. The van der Waals surface area contributed by atoms with Gasteiger partial charge in [0.05, 0.1) is 4.92 Å². The largest absolute Gasteiger partial charge is 0.362 e. The third-order valence-corrected chi connectivity index (χ3v) is 2.94. The van der Waals surface area contributed by atoms with Crippen LogP contribution in [0.3, 0.4) is 0 Å². The van der Waals surface area contributed by atoms with Gasteiger partial charge in [0.2, 0.25) is 5.82 Å². The zero-order valence-corrected chi connectivity index (χ0v) is 9.38. The smallest absolute Gasteiger partial charge is 0.328 e. The number of hydrogen-bond donors (Lipinski definition) is 1. The quantitative estimate of drug-likeness (QED) is 0.636. The molecule has 1 fully saturated rings. The summed E-state index contributed by atoms with van der Waals surface area (Å²) in [7, 11) is 0. The third-order valence-electron chi connectivity index (χ3n) is 2.94. The molecule has 0 amide bonds. The van der Waals surface area contributed by atoms with Crippen LogP contribution in [0.15, 0.2) is 12.3 Å². The molecule has 0 bridgehead atoms. The lowest BCUT2D eigenvalue weighted by Crippen LogP contribution is -2.34. The summed E-state index contributed by atoms with van der Waals surface area (Å²) in [6.45, 7) is 2.13. The van der Waals surface area contributed by atoms with Gasteiger partial charge >= 0.3 is 5.69 Å². The molecule has 0 radical (unpaired) electrons. The maximum atomic E-state index is 10.9. The molecule has 1 aliphatic rings. The first kappa shape index (κ1) is 11.3. The predicted molar refractivity (Wildman–Crippen MR) is 61.4 cm³/mol. The van der Waals surface area contributed by atoms with Gasteiger partial charge in [-0.2, -0.15) is 5.26 Å². The van der Waals surface area contributed by atoms with Gasteiger partial charge in [-0.25, -0.2) is 4.98 Å². The van der Waals surface area contributed by atoms with Gasteiger partial charge in [0.15, 0.2) is 0 Å². The molecule has 2 rings (SSSR count). The zero-order valence-electron chi connectivity index (χ0n) is 9.38. The van der Waals surface area contributed by atoms with E-state index in [1.807, 2.05) is 6.07 Å². The molecule has 1 heterocycles. The van der Waals surface area contributed by atoms with E-state index in [1.54, 1.807) is 0 Å². The van der Waals surface area contributed by atoms with Gasteiger partial charge in [-0.05, 0) is 24.8 Å². The Hall–Kier alpha value is -2.16. The van der Waals surface area contributed by atoms with Crippen LogP contribution < -0.4 is 5.32 Å². The normalized spacial score (nSPS) is 22.4. The number of hydrogen-bond acceptors (Lipinski definition) is 5. The Kier molecular flexibility index (Phi) is 2.91. The van der Waals surface area contributed by atoms with Crippen molar-refractivity contribution in [2.75, 3.05) is 5.32 Å². The summed E-state index contributed by atoms with van der Waals surface area (Å²) < 4.78 is 0. The minimum absolute atomic E-state index is 0.0415. The molecule has 6 nitrogen and oxygen atoms in total. The van der Waals surface area contributed by atoms with Crippen LogP contribution in [0.5, 0.6) is 0 Å². The van der Waals surface area contributed by atoms with Gasteiger partial charge in [0.25, 0.3) is 0 Å². The topological polar surface area (TPSA) is 91.8 Å². The van der Waals surface area contributed by atoms with Crippen LogP contribution in [0.25, 0.3) is 0 Å². The Bertz CT molecular complexity index is 489. The van der Waals surface area contributed by atoms with Crippen LogP contribution in [-0.2, 0) is 0 Å². The highest BCUT2D eigenvalue weighted by Crippen LogP contribution is 2.32. The highest BCUT2D eigenvalue weighted by Gasteiger charge is 2.29. The molecule has 0 unspecified atom stereocenters. The number of nitrogens with zero attached hydrogens (tertiary/aromatic N) is 3. The average Bonchev–Trinajstić information content (AvgIpc) is 2.26. The van der Waals surface area contributed by atoms with E-state index < -0.39 is 4.92 Å². The number of aromatic nitrogens is 1. The maximum Gasteiger partial charge on any atom is 0.328 e. The summed E-state index contributed by atoms with van der Waals surface area (Å²) in [6.07, 6.45) is 3.38. The molecule has 88 valence electrons. The van der Waals surface area contributed by atoms with Crippen LogP contribution >= 0.6 is 0 Å². The van der Waals surface area contributed by atoms with Crippen molar-refractivity contribution in [3.05, 3.63) is 27.9 Å². The summed E-state index contributed by atoms with van der Waals surface area (Å²) in [6, 6.07) is 3.39. The lowest BCUT2D eigenvalue weighted by Gasteiger charge is -2.33. The average molecular weight is 232 g/mol. The fourth-order valence-corrected chi connectivity index (χ4v) is 2.05. The minimum Gasteiger partial charge on any atom is -0.362 e. The third kappa shape index (κ3) is 2.18. The summed E-state index contributed by atoms with van der Waals surface area (Å²) in [4.78, 5) is 14.3. The van der Waals surface area contributed by atoms with Crippen LogP contribution in [0.4, 0.5) is 11.5 Å². The molecule has 1 aromatic rings. The Morgan fingerprint density at radius 3 is 2.88 bits per heavy atom. The molecular formula is C11H12N4O2. The highest BCUT2D eigenvalue weighted by atomic mass is 16.6. The van der Waals surface area contributed by atoms with E-state index in [4.69, 9.17) is 5.26 Å². The molecule has 0 spiro atoms. The molecule has 1 saturated carbocycles. The highest BCUT2D eigenvalue weighted by molar-refractivity contribution is 5.64. The second kappa shape index (κ2) is 4.37. The van der Waals surface area contributed by atoms with Crippen molar-refractivity contribution in [2.45, 2.75) is 25.8 Å². The molecular weight excluding hydrogens is 220 g/mol. The van der Waals surface area contributed by atoms with Crippen molar-refractivity contribution in [2.24, 2.45) is 5.92 Å². The lowest BCUT2D eigenvalue weighted by atomic mass is 9.82. The molecule has 0 aromatic carbocycles. The Labute approximate surface area is 98.4 Å². The van der Waals surface area contributed by atoms with Crippen LogP contribution in [0, 0.1) is 27.4 Å². The van der Waals surface area contributed by atoms with Gasteiger partial charge in [-0.3, -0.25) is 10.1 Å². The first-order valence-corrected chi connectivity index (χ1v) is 5.42. The van der Waals surface area contributed by atoms with E-state index in [9.17, 15) is 10.1 Å². The van der Waals surface area contributed by atoms with E-state index >= 15 is 0 Å². The minimum atomic E-state index is -0.560. The standard InChI is InChI=1S/C11H12N4O2/c1-7-4-9(5-7)14-11-10(15(16)17)8(6-12)2-3-13-11/h2-3,7,9H,4-5H2,1H3,(H,13,14). The summed E-state index contributed by atoms with van der Waals surface area (Å²) in [5.74, 6) is 0.844. The molecule has 0 saturated heterocycles. The number of anilines is 1. The van der Waals surface area contributed by atoms with Gasteiger partial charge in [-0.15, -0.1) is 0 Å². The molecule has 1 aliphatic carbocycles. The molecule has 0 atom stereocenters. The zero-order chi connectivity index (χ0) is 12.4. The number of nitrogens with one attached hydrogen (secondary N) is 1. The van der Waals surface area contributed by atoms with Gasteiger partial charge in [0.1, 0.15) is 11.6 Å². The maximum absolute atomic E-state index is 10.9. The first-order chi connectivity index (χ1) is 8.11. The Morgan fingerprint density at radius 1 is 1.65 bits per heavy atom. The Balaban J connectivity index is 2.27. The van der Waals surface area contributed by atoms with Gasteiger partial charge < -0.3 is 5.32 Å². The summed E-state index contributed by atoms with van der Waals surface area (Å²) in [5.41, 5.74) is -0.186. The van der Waals surface area contributed by atoms with E-state index in [0.29, 0.717) is 5.92 Å². The molecule has 0 aliphatic heterocycles. The number of nitro groups is 1. The fraction of sp³-hybridized carbons (Fsp3) is 0.455. The molecule has 17 heavy (non-hydrogen) atoms. The molecule has 6 heteroatoms. The number of rotatable bonds is 3. The lowest BCUT2D eigenvalue weighted by molar-refractivity contribution is -0.384. The summed E-state index contributed by atoms with van der Waals surface area (Å²) in [5, 5.41) is 22.8. The Morgan fingerprint density at radius 2 is 2.35 bits per heavy atom. The number of pyridine rings is 1. The van der Waals surface area contributed by atoms with Crippen molar-refractivity contribution in [1.82, 2.24) is 4.98 Å². The SMILES string of the molecule is CC1CC(Nc2nccc(C#N)c2[N+](=O)[O-])C1. The van der Waals surface area contributed by atoms with Crippen LogP contribution in [0.1, 0.15) is 25.3 Å². The van der Waals surface area contributed by atoms with Crippen molar-refractivity contribution < 1.29 is 4.92 Å². The monoisotopic (exact) mass is 232 g/mol. The fourth-order valence-electron chi connectivity index (χ4n) is 2.05. The summed E-state index contributed by atoms with van der Waals surface area (Å²) >= 11 is 0. The second-order valence-electron chi connectivity index (χ2n) is 4.34. The molecule has 1 aromatic heterocycles. The van der Waals surface area contributed by atoms with Crippen molar-refractivity contribution in [3.63, 3.8) is 0 Å². The van der Waals surface area contributed by atoms with Gasteiger partial charge in [0, 0.05) is 12.2 Å². The van der Waals surface area contributed by atoms with Crippen molar-refractivity contribution >= 4 is 11.5 Å². The van der Waals surface area contributed by atoms with Crippen molar-refractivity contribution in [3.8, 4) is 6.07 Å². The van der Waals surface area contributed by atoms with E-state index in [2.05, 4.69) is 17.2 Å². The number of nitriles is 1. The van der Waals surface area contributed by atoms with Crippen LogP contribution in [0.2, 0.25) is 0 Å². The van der Waals surface area contributed by atoms with E-state index in [1.165, 1.54) is 12.3 Å². The van der Waals surface area contributed by atoms with Crippen molar-refractivity contribution in [1.29, 1.82) is 5.26 Å². The van der Waals surface area contributed by atoms with E-state index in [0.717, 1.165) is 12.8 Å². The predicted octanol–water partition coefficient (Wildman–Crippen LogP) is 2.07. The second-order valence-corrected chi connectivity index (χ2v) is 4.34. The van der Waals surface area contributed by atoms with E-state index in [-0.39, 0.29) is 23.1 Å². The molecule has 1 N–H and O–H groups in total.